The van der Waals surface area contributed by atoms with Gasteiger partial charge in [0, 0.05) is 30.9 Å². The lowest BCUT2D eigenvalue weighted by atomic mass is 10.2. The van der Waals surface area contributed by atoms with Gasteiger partial charge in [0.2, 0.25) is 10.0 Å². The van der Waals surface area contributed by atoms with E-state index in [9.17, 15) is 13.2 Å². The Morgan fingerprint density at radius 2 is 2.12 bits per heavy atom. The topological polar surface area (TPSA) is 106 Å². The lowest BCUT2D eigenvalue weighted by molar-refractivity contribution is 0.000438. The molecule has 10 heteroatoms. The minimum atomic E-state index is -3.25. The molecule has 1 atom stereocenters. The van der Waals surface area contributed by atoms with Crippen molar-refractivity contribution in [2.24, 2.45) is 0 Å². The standard InChI is InChI=1S/C15H19N5O4S/c1-25(22,23)20-5-6-24-14(9-20)8-16-15(21)12-3-2-4-13(7-12)19-10-17-18-11-19/h2-4,7,10-11,14H,5-6,8-9H2,1H3,(H,16,21)/t14-/m0/s1. The second kappa shape index (κ2) is 7.30. The lowest BCUT2D eigenvalue weighted by Crippen LogP contribution is -2.49. The molecule has 1 N–H and O–H groups in total. The number of sulfonamides is 1. The molecule has 1 amide bonds. The normalized spacial score (nSPS) is 18.8. The minimum absolute atomic E-state index is 0.236. The molecule has 9 nitrogen and oxygen atoms in total. The molecule has 2 aromatic rings. The van der Waals surface area contributed by atoms with Crippen molar-refractivity contribution in [1.82, 2.24) is 24.4 Å². The van der Waals surface area contributed by atoms with Gasteiger partial charge in [-0.15, -0.1) is 10.2 Å². The van der Waals surface area contributed by atoms with Crippen molar-refractivity contribution in [2.75, 3.05) is 32.5 Å². The molecule has 3 rings (SSSR count). The third-order valence-corrected chi connectivity index (χ3v) is 5.16. The van der Waals surface area contributed by atoms with Crippen molar-refractivity contribution in [3.8, 4) is 5.69 Å². The smallest absolute Gasteiger partial charge is 0.251 e. The Kier molecular flexibility index (Phi) is 5.11. The summed E-state index contributed by atoms with van der Waals surface area (Å²) in [6, 6.07) is 7.04. The van der Waals surface area contributed by atoms with Crippen molar-refractivity contribution in [1.29, 1.82) is 0 Å². The van der Waals surface area contributed by atoms with Crippen molar-refractivity contribution in [3.05, 3.63) is 42.5 Å². The number of morpholine rings is 1. The van der Waals surface area contributed by atoms with Crippen LogP contribution in [0.15, 0.2) is 36.9 Å². The highest BCUT2D eigenvalue weighted by atomic mass is 32.2. The van der Waals surface area contributed by atoms with Crippen LogP contribution in [0.5, 0.6) is 0 Å². The maximum Gasteiger partial charge on any atom is 0.251 e. The van der Waals surface area contributed by atoms with Crippen LogP contribution in [0, 0.1) is 0 Å². The number of amides is 1. The van der Waals surface area contributed by atoms with Crippen molar-refractivity contribution in [3.63, 3.8) is 0 Å². The molecule has 134 valence electrons. The van der Waals surface area contributed by atoms with Gasteiger partial charge in [-0.25, -0.2) is 8.42 Å². The predicted octanol–water partition coefficient (Wildman–Crippen LogP) is -0.342. The molecule has 0 bridgehead atoms. The summed E-state index contributed by atoms with van der Waals surface area (Å²) in [4.78, 5) is 12.3. The van der Waals surface area contributed by atoms with E-state index in [0.29, 0.717) is 18.7 Å². The van der Waals surface area contributed by atoms with Crippen LogP contribution < -0.4 is 5.32 Å². The van der Waals surface area contributed by atoms with Crippen LogP contribution in [-0.4, -0.2) is 72.0 Å². The number of nitrogens with zero attached hydrogens (tertiary/aromatic N) is 4. The van der Waals surface area contributed by atoms with Gasteiger partial charge in [-0.3, -0.25) is 9.36 Å². The van der Waals surface area contributed by atoms with Crippen molar-refractivity contribution >= 4 is 15.9 Å². The Hall–Kier alpha value is -2.30. The van der Waals surface area contributed by atoms with Gasteiger partial charge >= 0.3 is 0 Å². The highest BCUT2D eigenvalue weighted by Crippen LogP contribution is 2.11. The lowest BCUT2D eigenvalue weighted by Gasteiger charge is -2.31. The fraction of sp³-hybridized carbons (Fsp3) is 0.400. The molecule has 0 aliphatic carbocycles. The van der Waals surface area contributed by atoms with Gasteiger partial charge < -0.3 is 10.1 Å². The average molecular weight is 365 g/mol. The first kappa shape index (κ1) is 17.5. The van der Waals surface area contributed by atoms with Crippen LogP contribution in [-0.2, 0) is 14.8 Å². The molecule has 0 radical (unpaired) electrons. The third-order valence-electron chi connectivity index (χ3n) is 3.89. The van der Waals surface area contributed by atoms with E-state index in [-0.39, 0.29) is 25.1 Å². The molecule has 1 aliphatic rings. The number of benzene rings is 1. The molecule has 0 saturated carbocycles. The summed E-state index contributed by atoms with van der Waals surface area (Å²) in [7, 11) is -3.25. The van der Waals surface area contributed by atoms with Crippen LogP contribution in [0.1, 0.15) is 10.4 Å². The SMILES string of the molecule is CS(=O)(=O)N1CCO[C@@H](CNC(=O)c2cccc(-n3cnnc3)c2)C1. The number of aromatic nitrogens is 3. The number of carbonyl (C=O) groups excluding carboxylic acids is 1. The zero-order chi connectivity index (χ0) is 17.9. The van der Waals surface area contributed by atoms with E-state index in [4.69, 9.17) is 4.74 Å². The number of hydrogen-bond donors (Lipinski definition) is 1. The predicted molar refractivity (Wildman–Crippen MR) is 89.8 cm³/mol. The molecule has 1 saturated heterocycles. The van der Waals surface area contributed by atoms with Crippen LogP contribution >= 0.6 is 0 Å². The zero-order valence-corrected chi connectivity index (χ0v) is 14.5. The van der Waals surface area contributed by atoms with Crippen LogP contribution in [0.3, 0.4) is 0 Å². The van der Waals surface area contributed by atoms with E-state index in [1.54, 1.807) is 35.4 Å². The summed E-state index contributed by atoms with van der Waals surface area (Å²) < 4.78 is 31.8. The quantitative estimate of drug-likeness (QED) is 0.777. The van der Waals surface area contributed by atoms with Crippen LogP contribution in [0.2, 0.25) is 0 Å². The molecule has 0 unspecified atom stereocenters. The Balaban J connectivity index is 1.60. The second-order valence-corrected chi connectivity index (χ2v) is 7.73. The average Bonchev–Trinajstić information content (AvgIpc) is 3.14. The first-order valence-corrected chi connectivity index (χ1v) is 9.58. The number of carbonyl (C=O) groups is 1. The molecule has 1 aromatic heterocycles. The summed E-state index contributed by atoms with van der Waals surface area (Å²) in [6.07, 6.45) is 3.90. The number of nitrogens with one attached hydrogen (secondary N) is 1. The van der Waals surface area contributed by atoms with Crippen LogP contribution in [0.25, 0.3) is 5.69 Å². The van der Waals surface area contributed by atoms with E-state index < -0.39 is 10.0 Å². The first-order valence-electron chi connectivity index (χ1n) is 7.73. The van der Waals surface area contributed by atoms with E-state index in [1.807, 2.05) is 6.07 Å². The Morgan fingerprint density at radius 1 is 1.36 bits per heavy atom. The van der Waals surface area contributed by atoms with Gasteiger partial charge in [0.05, 0.1) is 19.0 Å². The van der Waals surface area contributed by atoms with E-state index in [2.05, 4.69) is 15.5 Å². The van der Waals surface area contributed by atoms with Gasteiger partial charge in [0.25, 0.3) is 5.91 Å². The maximum absolute atomic E-state index is 12.3. The van der Waals surface area contributed by atoms with Gasteiger partial charge in [-0.2, -0.15) is 4.31 Å². The number of hydrogen-bond acceptors (Lipinski definition) is 6. The van der Waals surface area contributed by atoms with Gasteiger partial charge in [-0.1, -0.05) is 6.07 Å². The fourth-order valence-corrected chi connectivity index (χ4v) is 3.41. The van der Waals surface area contributed by atoms with Gasteiger partial charge in [0.15, 0.2) is 0 Å². The second-order valence-electron chi connectivity index (χ2n) is 5.74. The number of ether oxygens (including phenoxy) is 1. The molecule has 1 aliphatic heterocycles. The first-order chi connectivity index (χ1) is 11.9. The highest BCUT2D eigenvalue weighted by molar-refractivity contribution is 7.88. The van der Waals surface area contributed by atoms with E-state index in [0.717, 1.165) is 5.69 Å². The van der Waals surface area contributed by atoms with Crippen molar-refractivity contribution < 1.29 is 17.9 Å². The number of rotatable bonds is 5. The summed E-state index contributed by atoms with van der Waals surface area (Å²) in [5.41, 5.74) is 1.26. The highest BCUT2D eigenvalue weighted by Gasteiger charge is 2.26. The summed E-state index contributed by atoms with van der Waals surface area (Å²) in [5.74, 6) is -0.255. The Labute approximate surface area is 145 Å². The maximum atomic E-state index is 12.3. The van der Waals surface area contributed by atoms with E-state index >= 15 is 0 Å². The third kappa shape index (κ3) is 4.41. The molecular weight excluding hydrogens is 346 g/mol. The summed E-state index contributed by atoms with van der Waals surface area (Å²) >= 11 is 0. The Morgan fingerprint density at radius 3 is 2.84 bits per heavy atom. The summed E-state index contributed by atoms with van der Waals surface area (Å²) in [5, 5.41) is 10.3. The zero-order valence-electron chi connectivity index (χ0n) is 13.7. The van der Waals surface area contributed by atoms with Crippen molar-refractivity contribution in [2.45, 2.75) is 6.10 Å². The minimum Gasteiger partial charge on any atom is -0.374 e. The largest absolute Gasteiger partial charge is 0.374 e. The summed E-state index contributed by atoms with van der Waals surface area (Å²) in [6.45, 7) is 1.13. The molecule has 0 spiro atoms. The fourth-order valence-electron chi connectivity index (χ4n) is 2.57. The Bertz CT molecular complexity index is 837. The van der Waals surface area contributed by atoms with Crippen LogP contribution in [0.4, 0.5) is 0 Å². The molecule has 2 heterocycles. The molecular formula is C15H19N5O4S. The van der Waals surface area contributed by atoms with Gasteiger partial charge in [0.1, 0.15) is 12.7 Å². The van der Waals surface area contributed by atoms with E-state index in [1.165, 1.54) is 10.6 Å². The molecule has 1 fully saturated rings. The monoisotopic (exact) mass is 365 g/mol. The van der Waals surface area contributed by atoms with Gasteiger partial charge in [-0.05, 0) is 18.2 Å². The molecule has 25 heavy (non-hydrogen) atoms. The molecule has 1 aromatic carbocycles.